The molecule has 22 heavy (non-hydrogen) atoms. The zero-order chi connectivity index (χ0) is 15.4. The second-order valence-electron chi connectivity index (χ2n) is 4.46. The Bertz CT molecular complexity index is 818. The number of anilines is 1. The van der Waals surface area contributed by atoms with E-state index in [1.807, 2.05) is 0 Å². The quantitative estimate of drug-likeness (QED) is 0.711. The van der Waals surface area contributed by atoms with Crippen LogP contribution in [0.3, 0.4) is 0 Å². The Hall–Kier alpha value is -2.87. The molecule has 110 valence electrons. The van der Waals surface area contributed by atoms with Crippen molar-refractivity contribution in [1.82, 2.24) is 19.0 Å². The molecule has 0 aliphatic carbocycles. The first-order valence-corrected chi connectivity index (χ1v) is 7.16. The summed E-state index contributed by atoms with van der Waals surface area (Å²) >= 11 is 1.10. The summed E-state index contributed by atoms with van der Waals surface area (Å²) in [6.45, 7) is 0.268. The second kappa shape index (κ2) is 6.27. The van der Waals surface area contributed by atoms with Crippen molar-refractivity contribution in [1.29, 1.82) is 0 Å². The summed E-state index contributed by atoms with van der Waals surface area (Å²) in [6.07, 6.45) is 3.25. The normalized spacial score (nSPS) is 10.4. The van der Waals surface area contributed by atoms with E-state index in [2.05, 4.69) is 24.4 Å². The zero-order valence-corrected chi connectivity index (χ0v) is 12.1. The highest BCUT2D eigenvalue weighted by Crippen LogP contribution is 2.16. The lowest BCUT2D eigenvalue weighted by Crippen LogP contribution is -2.34. The van der Waals surface area contributed by atoms with Crippen LogP contribution in [0.15, 0.2) is 42.7 Å². The average Bonchev–Trinajstić information content (AvgIpc) is 3.01. The molecule has 8 heteroatoms. The summed E-state index contributed by atoms with van der Waals surface area (Å²) < 4.78 is 8.15. The first kappa shape index (κ1) is 14.1. The van der Waals surface area contributed by atoms with Crippen LogP contribution in [0, 0.1) is 0 Å². The monoisotopic (exact) mass is 313 g/mol. The average molecular weight is 313 g/mol. The van der Waals surface area contributed by atoms with E-state index in [1.54, 1.807) is 42.7 Å². The van der Waals surface area contributed by atoms with E-state index in [0.29, 0.717) is 11.2 Å². The maximum atomic E-state index is 11.8. The number of amides is 2. The van der Waals surface area contributed by atoms with Crippen LogP contribution in [-0.2, 0) is 16.1 Å². The fraction of sp³-hybridized carbons (Fsp3) is 0.0714. The van der Waals surface area contributed by atoms with Gasteiger partial charge >= 0.3 is 11.8 Å². The van der Waals surface area contributed by atoms with Gasteiger partial charge in [-0.05, 0) is 35.9 Å². The molecule has 0 saturated carbocycles. The molecule has 2 aromatic heterocycles. The molecule has 0 unspecified atom stereocenters. The third-order valence-corrected chi connectivity index (χ3v) is 3.48. The van der Waals surface area contributed by atoms with Crippen LogP contribution in [0.2, 0.25) is 0 Å². The minimum Gasteiger partial charge on any atom is -0.344 e. The van der Waals surface area contributed by atoms with Gasteiger partial charge in [0.2, 0.25) is 0 Å². The Balaban J connectivity index is 1.59. The number of rotatable bonds is 3. The number of nitrogens with zero attached hydrogens (tertiary/aromatic N) is 3. The predicted octanol–water partition coefficient (Wildman–Crippen LogP) is 1.34. The van der Waals surface area contributed by atoms with Gasteiger partial charge in [-0.2, -0.15) is 8.75 Å². The molecule has 0 spiro atoms. The molecule has 0 fully saturated rings. The maximum Gasteiger partial charge on any atom is 0.313 e. The van der Waals surface area contributed by atoms with E-state index in [-0.39, 0.29) is 6.54 Å². The highest BCUT2D eigenvalue weighted by molar-refractivity contribution is 7.00. The van der Waals surface area contributed by atoms with Crippen LogP contribution in [0.4, 0.5) is 5.69 Å². The number of benzene rings is 1. The minimum absolute atomic E-state index is 0.268. The van der Waals surface area contributed by atoms with Crippen LogP contribution in [0.25, 0.3) is 11.0 Å². The molecule has 0 aliphatic rings. The lowest BCUT2D eigenvalue weighted by Gasteiger charge is -2.06. The minimum atomic E-state index is -0.725. The van der Waals surface area contributed by atoms with Gasteiger partial charge in [-0.3, -0.25) is 14.6 Å². The molecule has 1 aromatic carbocycles. The summed E-state index contributed by atoms with van der Waals surface area (Å²) in [5.41, 5.74) is 2.81. The summed E-state index contributed by atoms with van der Waals surface area (Å²) in [7, 11) is 0. The first-order chi connectivity index (χ1) is 10.7. The van der Waals surface area contributed by atoms with Gasteiger partial charge in [0.1, 0.15) is 11.0 Å². The SMILES string of the molecule is O=C(NCc1ccncc1)C(=O)Nc1ccc2nsnc2c1. The van der Waals surface area contributed by atoms with Crippen LogP contribution >= 0.6 is 11.7 Å². The Labute approximate surface area is 129 Å². The fourth-order valence-electron chi connectivity index (χ4n) is 1.81. The smallest absolute Gasteiger partial charge is 0.313 e. The standard InChI is InChI=1S/C14H11N5O2S/c20-13(16-8-9-3-5-15-6-4-9)14(21)17-10-1-2-11-12(7-10)19-22-18-11/h1-7H,8H2,(H,16,20)(H,17,21). The van der Waals surface area contributed by atoms with Crippen molar-refractivity contribution in [2.24, 2.45) is 0 Å². The fourth-order valence-corrected chi connectivity index (χ4v) is 2.33. The van der Waals surface area contributed by atoms with E-state index in [4.69, 9.17) is 0 Å². The second-order valence-corrected chi connectivity index (χ2v) is 4.99. The summed E-state index contributed by atoms with van der Waals surface area (Å²) in [6, 6.07) is 8.62. The Morgan fingerprint density at radius 1 is 1.00 bits per heavy atom. The number of carbonyl (C=O) groups is 2. The third-order valence-electron chi connectivity index (χ3n) is 2.92. The molecule has 0 atom stereocenters. The van der Waals surface area contributed by atoms with Crippen LogP contribution < -0.4 is 10.6 Å². The van der Waals surface area contributed by atoms with Gasteiger partial charge in [0.25, 0.3) is 0 Å². The number of nitrogens with one attached hydrogen (secondary N) is 2. The zero-order valence-electron chi connectivity index (χ0n) is 11.3. The summed E-state index contributed by atoms with van der Waals surface area (Å²) in [4.78, 5) is 27.5. The molecule has 3 rings (SSSR count). The maximum absolute atomic E-state index is 11.8. The highest BCUT2D eigenvalue weighted by Gasteiger charge is 2.13. The number of pyridine rings is 1. The highest BCUT2D eigenvalue weighted by atomic mass is 32.1. The van der Waals surface area contributed by atoms with Gasteiger partial charge in [0, 0.05) is 24.6 Å². The number of aromatic nitrogens is 3. The van der Waals surface area contributed by atoms with Gasteiger partial charge in [-0.15, -0.1) is 0 Å². The first-order valence-electron chi connectivity index (χ1n) is 6.43. The number of hydrogen-bond donors (Lipinski definition) is 2. The Kier molecular flexibility index (Phi) is 4.01. The Morgan fingerprint density at radius 3 is 2.59 bits per heavy atom. The summed E-state index contributed by atoms with van der Waals surface area (Å²) in [5.74, 6) is -1.43. The topological polar surface area (TPSA) is 96.9 Å². The van der Waals surface area contributed by atoms with E-state index in [0.717, 1.165) is 22.8 Å². The van der Waals surface area contributed by atoms with E-state index in [9.17, 15) is 9.59 Å². The van der Waals surface area contributed by atoms with Crippen molar-refractivity contribution >= 4 is 40.3 Å². The van der Waals surface area contributed by atoms with Crippen molar-refractivity contribution < 1.29 is 9.59 Å². The van der Waals surface area contributed by atoms with Crippen LogP contribution in [0.5, 0.6) is 0 Å². The van der Waals surface area contributed by atoms with Gasteiger partial charge in [-0.25, -0.2) is 0 Å². The predicted molar refractivity (Wildman–Crippen MR) is 82.1 cm³/mol. The molecule has 0 bridgehead atoms. The van der Waals surface area contributed by atoms with Crippen molar-refractivity contribution in [2.45, 2.75) is 6.54 Å². The molecule has 0 radical (unpaired) electrons. The van der Waals surface area contributed by atoms with E-state index in [1.165, 1.54) is 0 Å². The lowest BCUT2D eigenvalue weighted by molar-refractivity contribution is -0.136. The molecule has 0 aliphatic heterocycles. The molecule has 3 aromatic rings. The van der Waals surface area contributed by atoms with Crippen LogP contribution in [-0.4, -0.2) is 25.5 Å². The molecule has 0 saturated heterocycles. The van der Waals surface area contributed by atoms with Crippen molar-refractivity contribution in [3.05, 3.63) is 48.3 Å². The summed E-state index contributed by atoms with van der Waals surface area (Å²) in [5, 5.41) is 5.08. The largest absolute Gasteiger partial charge is 0.344 e. The van der Waals surface area contributed by atoms with E-state index < -0.39 is 11.8 Å². The van der Waals surface area contributed by atoms with Gasteiger partial charge in [-0.1, -0.05) is 0 Å². The molecular weight excluding hydrogens is 302 g/mol. The van der Waals surface area contributed by atoms with Gasteiger partial charge in [0.05, 0.1) is 11.7 Å². The van der Waals surface area contributed by atoms with Crippen molar-refractivity contribution in [3.63, 3.8) is 0 Å². The molecule has 2 heterocycles. The van der Waals surface area contributed by atoms with Gasteiger partial charge < -0.3 is 10.6 Å². The Morgan fingerprint density at radius 2 is 1.77 bits per heavy atom. The van der Waals surface area contributed by atoms with Crippen molar-refractivity contribution in [3.8, 4) is 0 Å². The molecule has 7 nitrogen and oxygen atoms in total. The lowest BCUT2D eigenvalue weighted by atomic mass is 10.2. The molecular formula is C14H11N5O2S. The van der Waals surface area contributed by atoms with Gasteiger partial charge in [0.15, 0.2) is 0 Å². The van der Waals surface area contributed by atoms with Crippen LogP contribution in [0.1, 0.15) is 5.56 Å². The number of carbonyl (C=O) groups excluding carboxylic acids is 2. The number of fused-ring (bicyclic) bond motifs is 1. The third kappa shape index (κ3) is 3.23. The molecule has 2 N–H and O–H groups in total. The number of hydrogen-bond acceptors (Lipinski definition) is 6. The molecule has 2 amide bonds. The van der Waals surface area contributed by atoms with E-state index >= 15 is 0 Å². The van der Waals surface area contributed by atoms with Crippen molar-refractivity contribution in [2.75, 3.05) is 5.32 Å².